The van der Waals surface area contributed by atoms with E-state index in [1.807, 2.05) is 39.8 Å². The Balaban J connectivity index is 1.71. The normalized spacial score (nSPS) is 22.4. The van der Waals surface area contributed by atoms with Crippen molar-refractivity contribution in [1.29, 1.82) is 0 Å². The summed E-state index contributed by atoms with van der Waals surface area (Å²) in [6, 6.07) is 8.14. The van der Waals surface area contributed by atoms with Gasteiger partial charge in [-0.1, -0.05) is 11.6 Å². The lowest BCUT2D eigenvalue weighted by Gasteiger charge is -2.37. The maximum atomic E-state index is 13.3. The summed E-state index contributed by atoms with van der Waals surface area (Å²) in [7, 11) is 0. The summed E-state index contributed by atoms with van der Waals surface area (Å²) >= 11 is 5.82. The molecule has 0 aromatic heterocycles. The summed E-state index contributed by atoms with van der Waals surface area (Å²) in [5, 5.41) is 6.59. The van der Waals surface area contributed by atoms with Crippen molar-refractivity contribution < 1.29 is 13.9 Å². The second-order valence-corrected chi connectivity index (χ2v) is 7.68. The molecular formula is C21H25ClFN3O2. The van der Waals surface area contributed by atoms with Gasteiger partial charge in [0.05, 0.1) is 23.2 Å². The minimum atomic E-state index is -0.491. The first-order chi connectivity index (χ1) is 13.3. The molecule has 5 nitrogen and oxygen atoms in total. The minimum Gasteiger partial charge on any atom is -0.457 e. The van der Waals surface area contributed by atoms with Crippen molar-refractivity contribution in [1.82, 2.24) is 10.6 Å². The van der Waals surface area contributed by atoms with Gasteiger partial charge in [-0.15, -0.1) is 0 Å². The van der Waals surface area contributed by atoms with Crippen LogP contribution in [0.2, 0.25) is 5.02 Å². The largest absolute Gasteiger partial charge is 0.457 e. The molecule has 1 fully saturated rings. The third-order valence-electron chi connectivity index (χ3n) is 4.54. The zero-order valence-electron chi connectivity index (χ0n) is 16.5. The van der Waals surface area contributed by atoms with Crippen LogP contribution in [-0.2, 0) is 4.74 Å². The van der Waals surface area contributed by atoms with Gasteiger partial charge in [0.2, 0.25) is 0 Å². The number of rotatable bonds is 5. The fraction of sp³-hybridized carbons (Fsp3) is 0.381. The molecule has 3 rings (SSSR count). The Kier molecular flexibility index (Phi) is 6.23. The molecule has 1 heterocycles. The predicted octanol–water partition coefficient (Wildman–Crippen LogP) is 4.86. The topological polar surface area (TPSA) is 54.9 Å². The predicted molar refractivity (Wildman–Crippen MR) is 111 cm³/mol. The molecule has 0 bridgehead atoms. The van der Waals surface area contributed by atoms with Gasteiger partial charge in [-0.25, -0.2) is 9.38 Å². The van der Waals surface area contributed by atoms with Crippen LogP contribution >= 0.6 is 11.6 Å². The molecule has 1 saturated heterocycles. The van der Waals surface area contributed by atoms with Gasteiger partial charge in [0, 0.05) is 19.2 Å². The molecule has 0 aliphatic carbocycles. The quantitative estimate of drug-likeness (QED) is 0.550. The standard InChI is InChI=1S/C21H25ClFN3O2/c1-13-8-20(27-16-5-6-18(23)17(22)9-16)14(2)7-19(13)25-12-26-21(4)11-24-10-15(3)28-21/h5-9,12,15,24H,10-11H2,1-4H3,(H,25,26). The van der Waals surface area contributed by atoms with Crippen LogP contribution in [-0.4, -0.2) is 31.3 Å². The van der Waals surface area contributed by atoms with Crippen molar-refractivity contribution in [2.75, 3.05) is 13.1 Å². The average Bonchev–Trinajstić information content (AvgIpc) is 2.62. The lowest BCUT2D eigenvalue weighted by Crippen LogP contribution is -2.58. The molecule has 0 spiro atoms. The van der Waals surface area contributed by atoms with E-state index in [1.165, 1.54) is 12.1 Å². The molecule has 2 N–H and O–H groups in total. The van der Waals surface area contributed by atoms with Crippen LogP contribution in [0.4, 0.5) is 10.1 Å². The molecule has 7 heteroatoms. The molecule has 2 atom stereocenters. The summed E-state index contributed by atoms with van der Waals surface area (Å²) in [6.07, 6.45) is 1.81. The number of hydrogen-bond acceptors (Lipinski definition) is 4. The number of ether oxygens (including phenoxy) is 2. The van der Waals surface area contributed by atoms with Gasteiger partial charge in [0.25, 0.3) is 0 Å². The number of hydrogen-bond donors (Lipinski definition) is 2. The lowest BCUT2D eigenvalue weighted by atomic mass is 10.1. The van der Waals surface area contributed by atoms with Gasteiger partial charge >= 0.3 is 0 Å². The Hall–Kier alpha value is -2.15. The van der Waals surface area contributed by atoms with Crippen LogP contribution in [0, 0.1) is 19.7 Å². The zero-order valence-corrected chi connectivity index (χ0v) is 17.2. The van der Waals surface area contributed by atoms with E-state index in [2.05, 4.69) is 15.6 Å². The highest BCUT2D eigenvalue weighted by molar-refractivity contribution is 6.30. The zero-order chi connectivity index (χ0) is 20.3. The minimum absolute atomic E-state index is 0.0291. The Labute approximate surface area is 169 Å². The fourth-order valence-electron chi connectivity index (χ4n) is 3.06. The highest BCUT2D eigenvalue weighted by Gasteiger charge is 2.29. The molecule has 1 aliphatic rings. The molecule has 2 aromatic rings. The van der Waals surface area contributed by atoms with E-state index in [0.29, 0.717) is 18.0 Å². The Morgan fingerprint density at radius 2 is 2.11 bits per heavy atom. The summed E-state index contributed by atoms with van der Waals surface area (Å²) in [4.78, 5) is 4.53. The molecule has 2 unspecified atom stereocenters. The molecule has 1 aliphatic heterocycles. The first-order valence-corrected chi connectivity index (χ1v) is 9.56. The van der Waals surface area contributed by atoms with Crippen molar-refractivity contribution in [3.05, 3.63) is 52.3 Å². The molecule has 28 heavy (non-hydrogen) atoms. The highest BCUT2D eigenvalue weighted by atomic mass is 35.5. The summed E-state index contributed by atoms with van der Waals surface area (Å²) < 4.78 is 25.1. The Bertz CT molecular complexity index is 890. The smallest absolute Gasteiger partial charge is 0.149 e. The van der Waals surface area contributed by atoms with Gasteiger partial charge in [-0.2, -0.15) is 0 Å². The van der Waals surface area contributed by atoms with Gasteiger partial charge in [-0.3, -0.25) is 0 Å². The summed E-state index contributed by atoms with van der Waals surface area (Å²) in [6.45, 7) is 9.46. The molecule has 0 amide bonds. The number of aliphatic imine (C=N–C) groups is 1. The van der Waals surface area contributed by atoms with Crippen LogP contribution in [0.1, 0.15) is 25.0 Å². The molecular weight excluding hydrogens is 381 g/mol. The number of benzene rings is 2. The third-order valence-corrected chi connectivity index (χ3v) is 4.83. The molecule has 2 aromatic carbocycles. The van der Waals surface area contributed by atoms with Gasteiger partial charge in [-0.05, 0) is 63.1 Å². The third kappa shape index (κ3) is 5.01. The summed E-state index contributed by atoms with van der Waals surface area (Å²) in [5.41, 5.74) is 2.20. The second kappa shape index (κ2) is 8.47. The highest BCUT2D eigenvalue weighted by Crippen LogP contribution is 2.32. The van der Waals surface area contributed by atoms with Crippen molar-refractivity contribution in [3.63, 3.8) is 0 Å². The maximum Gasteiger partial charge on any atom is 0.149 e. The van der Waals surface area contributed by atoms with Crippen molar-refractivity contribution in [2.24, 2.45) is 4.99 Å². The number of nitrogens with zero attached hydrogens (tertiary/aromatic N) is 1. The van der Waals surface area contributed by atoms with Crippen LogP contribution < -0.4 is 15.4 Å². The Morgan fingerprint density at radius 3 is 2.82 bits per heavy atom. The van der Waals surface area contributed by atoms with E-state index >= 15 is 0 Å². The fourth-order valence-corrected chi connectivity index (χ4v) is 3.23. The molecule has 150 valence electrons. The SMILES string of the molecule is Cc1cc(Oc2ccc(F)c(Cl)c2)c(C)cc1/N=C/NC1(C)CNCC(C)O1. The first kappa shape index (κ1) is 20.6. The van der Waals surface area contributed by atoms with Crippen LogP contribution in [0.5, 0.6) is 11.5 Å². The van der Waals surface area contributed by atoms with Crippen LogP contribution in [0.3, 0.4) is 0 Å². The number of morpholine rings is 1. The van der Waals surface area contributed by atoms with Gasteiger partial charge < -0.3 is 20.1 Å². The van der Waals surface area contributed by atoms with E-state index in [1.54, 1.807) is 12.4 Å². The van der Waals surface area contributed by atoms with Gasteiger partial charge in [0.15, 0.2) is 0 Å². The van der Waals surface area contributed by atoms with E-state index < -0.39 is 11.5 Å². The number of halogens is 2. The van der Waals surface area contributed by atoms with Gasteiger partial charge in [0.1, 0.15) is 23.0 Å². The number of nitrogens with one attached hydrogen (secondary N) is 2. The van der Waals surface area contributed by atoms with Crippen LogP contribution in [0.15, 0.2) is 35.3 Å². The van der Waals surface area contributed by atoms with Crippen molar-refractivity contribution in [2.45, 2.75) is 39.5 Å². The first-order valence-electron chi connectivity index (χ1n) is 9.19. The van der Waals surface area contributed by atoms with E-state index in [-0.39, 0.29) is 11.1 Å². The maximum absolute atomic E-state index is 13.3. The number of aryl methyl sites for hydroxylation is 2. The molecule has 0 radical (unpaired) electrons. The van der Waals surface area contributed by atoms with E-state index in [0.717, 1.165) is 23.4 Å². The second-order valence-electron chi connectivity index (χ2n) is 7.27. The van der Waals surface area contributed by atoms with E-state index in [4.69, 9.17) is 21.1 Å². The van der Waals surface area contributed by atoms with Crippen molar-refractivity contribution >= 4 is 23.6 Å². The molecule has 0 saturated carbocycles. The van der Waals surface area contributed by atoms with E-state index in [9.17, 15) is 4.39 Å². The lowest BCUT2D eigenvalue weighted by molar-refractivity contribution is -0.105. The summed E-state index contributed by atoms with van der Waals surface area (Å²) in [5.74, 6) is 0.683. The van der Waals surface area contributed by atoms with Crippen molar-refractivity contribution in [3.8, 4) is 11.5 Å². The van der Waals surface area contributed by atoms with Crippen LogP contribution in [0.25, 0.3) is 0 Å². The average molecular weight is 406 g/mol. The monoisotopic (exact) mass is 405 g/mol. The Morgan fingerprint density at radius 1 is 1.32 bits per heavy atom.